The number of nitro groups is 1. The van der Waals surface area contributed by atoms with Gasteiger partial charge in [0.1, 0.15) is 6.73 Å². The SMILES string of the molecule is COC(=O)c1cc([N+](=O)[O-])c(C)cc1NCO. The van der Waals surface area contributed by atoms with Crippen molar-refractivity contribution in [2.24, 2.45) is 0 Å². The van der Waals surface area contributed by atoms with Crippen molar-refractivity contribution in [3.63, 3.8) is 0 Å². The zero-order valence-electron chi connectivity index (χ0n) is 9.39. The maximum atomic E-state index is 11.4. The van der Waals surface area contributed by atoms with Gasteiger partial charge in [0.25, 0.3) is 5.69 Å². The van der Waals surface area contributed by atoms with Crippen molar-refractivity contribution in [1.82, 2.24) is 0 Å². The van der Waals surface area contributed by atoms with E-state index in [2.05, 4.69) is 10.1 Å². The van der Waals surface area contributed by atoms with Gasteiger partial charge in [-0.15, -0.1) is 0 Å². The van der Waals surface area contributed by atoms with Gasteiger partial charge in [-0.1, -0.05) is 0 Å². The number of nitro benzene ring substituents is 1. The molecule has 0 atom stereocenters. The molecule has 0 aliphatic heterocycles. The molecular formula is C10H12N2O5. The van der Waals surface area contributed by atoms with Gasteiger partial charge >= 0.3 is 5.97 Å². The summed E-state index contributed by atoms with van der Waals surface area (Å²) in [6.45, 7) is 1.16. The number of nitrogens with one attached hydrogen (secondary N) is 1. The lowest BCUT2D eigenvalue weighted by molar-refractivity contribution is -0.385. The maximum absolute atomic E-state index is 11.4. The second-order valence-corrected chi connectivity index (χ2v) is 3.27. The summed E-state index contributed by atoms with van der Waals surface area (Å²) in [5.41, 5.74) is 0.522. The Hall–Kier alpha value is -2.15. The Bertz CT molecular complexity index is 458. The van der Waals surface area contributed by atoms with Gasteiger partial charge in [-0.25, -0.2) is 4.79 Å². The van der Waals surface area contributed by atoms with Crippen LogP contribution in [0.1, 0.15) is 15.9 Å². The van der Waals surface area contributed by atoms with Gasteiger partial charge < -0.3 is 15.2 Å². The number of benzene rings is 1. The quantitative estimate of drug-likeness (QED) is 0.353. The first-order valence-corrected chi connectivity index (χ1v) is 4.73. The summed E-state index contributed by atoms with van der Waals surface area (Å²) in [5.74, 6) is -0.705. The fourth-order valence-electron chi connectivity index (χ4n) is 1.40. The molecular weight excluding hydrogens is 228 g/mol. The molecule has 0 spiro atoms. The number of methoxy groups -OCH3 is 1. The third-order valence-corrected chi connectivity index (χ3v) is 2.21. The molecule has 7 heteroatoms. The molecule has 0 heterocycles. The van der Waals surface area contributed by atoms with Crippen LogP contribution in [0.2, 0.25) is 0 Å². The number of rotatable bonds is 4. The fourth-order valence-corrected chi connectivity index (χ4v) is 1.40. The molecule has 0 bridgehead atoms. The number of hydrogen-bond donors (Lipinski definition) is 2. The summed E-state index contributed by atoms with van der Waals surface area (Å²) in [7, 11) is 1.18. The Morgan fingerprint density at radius 1 is 1.59 bits per heavy atom. The highest BCUT2D eigenvalue weighted by Gasteiger charge is 2.19. The minimum Gasteiger partial charge on any atom is -0.465 e. The first kappa shape index (κ1) is 12.9. The number of carbonyl (C=O) groups is 1. The predicted octanol–water partition coefficient (Wildman–Crippen LogP) is 1.05. The molecule has 2 N–H and O–H groups in total. The number of nitrogens with zero attached hydrogens (tertiary/aromatic N) is 1. The van der Waals surface area contributed by atoms with Crippen LogP contribution in [-0.4, -0.2) is 29.8 Å². The van der Waals surface area contributed by atoms with Gasteiger partial charge in [0, 0.05) is 11.6 Å². The molecule has 1 rings (SSSR count). The molecule has 0 aliphatic carbocycles. The second kappa shape index (κ2) is 5.26. The average molecular weight is 240 g/mol. The van der Waals surface area contributed by atoms with Crippen molar-refractivity contribution in [2.45, 2.75) is 6.92 Å². The van der Waals surface area contributed by atoms with Gasteiger partial charge in [0.2, 0.25) is 0 Å². The van der Waals surface area contributed by atoms with Gasteiger partial charge in [0.05, 0.1) is 23.3 Å². The molecule has 0 aromatic heterocycles. The van der Waals surface area contributed by atoms with Crippen molar-refractivity contribution in [1.29, 1.82) is 0 Å². The number of esters is 1. The molecule has 7 nitrogen and oxygen atoms in total. The third kappa shape index (κ3) is 2.70. The van der Waals surface area contributed by atoms with Crippen LogP contribution in [0.15, 0.2) is 12.1 Å². The number of aliphatic hydroxyl groups is 1. The Kier molecular flexibility index (Phi) is 4.00. The van der Waals surface area contributed by atoms with E-state index in [0.717, 1.165) is 6.07 Å². The van der Waals surface area contributed by atoms with Gasteiger partial charge in [-0.3, -0.25) is 10.1 Å². The summed E-state index contributed by atoms with van der Waals surface area (Å²) < 4.78 is 4.51. The number of hydrogen-bond acceptors (Lipinski definition) is 6. The van der Waals surface area contributed by atoms with E-state index in [9.17, 15) is 14.9 Å². The summed E-state index contributed by atoms with van der Waals surface area (Å²) in [4.78, 5) is 21.6. The lowest BCUT2D eigenvalue weighted by atomic mass is 10.1. The monoisotopic (exact) mass is 240 g/mol. The number of ether oxygens (including phenoxy) is 1. The van der Waals surface area contributed by atoms with Crippen molar-refractivity contribution in [2.75, 3.05) is 19.2 Å². The van der Waals surface area contributed by atoms with Gasteiger partial charge in [-0.05, 0) is 13.0 Å². The molecule has 0 amide bonds. The van der Waals surface area contributed by atoms with E-state index < -0.39 is 10.9 Å². The number of anilines is 1. The van der Waals surface area contributed by atoms with Crippen molar-refractivity contribution >= 4 is 17.3 Å². The van der Waals surface area contributed by atoms with Crippen LogP contribution in [0.3, 0.4) is 0 Å². The smallest absolute Gasteiger partial charge is 0.340 e. The minimum absolute atomic E-state index is 0.0128. The molecule has 0 aliphatic rings. The van der Waals surface area contributed by atoms with E-state index in [1.54, 1.807) is 6.92 Å². The Morgan fingerprint density at radius 2 is 2.24 bits per heavy atom. The molecule has 0 fully saturated rings. The van der Waals surface area contributed by atoms with Gasteiger partial charge in [-0.2, -0.15) is 0 Å². The Morgan fingerprint density at radius 3 is 2.71 bits per heavy atom. The Labute approximate surface area is 97.2 Å². The summed E-state index contributed by atoms with van der Waals surface area (Å²) in [5, 5.41) is 22.0. The van der Waals surface area contributed by atoms with Crippen LogP contribution >= 0.6 is 0 Å². The van der Waals surface area contributed by atoms with Crippen molar-refractivity contribution in [3.05, 3.63) is 33.4 Å². The highest BCUT2D eigenvalue weighted by Crippen LogP contribution is 2.27. The van der Waals surface area contributed by atoms with Crippen molar-refractivity contribution < 1.29 is 19.6 Å². The second-order valence-electron chi connectivity index (χ2n) is 3.27. The molecule has 0 saturated carbocycles. The van der Waals surface area contributed by atoms with E-state index in [1.165, 1.54) is 13.2 Å². The summed E-state index contributed by atoms with van der Waals surface area (Å²) in [6, 6.07) is 2.54. The highest BCUT2D eigenvalue weighted by molar-refractivity contribution is 5.96. The lowest BCUT2D eigenvalue weighted by Crippen LogP contribution is -2.10. The molecule has 17 heavy (non-hydrogen) atoms. The predicted molar refractivity (Wildman–Crippen MR) is 59.9 cm³/mol. The third-order valence-electron chi connectivity index (χ3n) is 2.21. The number of carbonyl (C=O) groups excluding carboxylic acids is 1. The molecule has 0 saturated heterocycles. The first-order chi connectivity index (χ1) is 8.01. The molecule has 1 aromatic carbocycles. The minimum atomic E-state index is -0.705. The van der Waals surface area contributed by atoms with Crippen LogP contribution in [0.5, 0.6) is 0 Å². The highest BCUT2D eigenvalue weighted by atomic mass is 16.6. The molecule has 1 aromatic rings. The topological polar surface area (TPSA) is 102 Å². The van der Waals surface area contributed by atoms with Crippen LogP contribution in [-0.2, 0) is 4.74 Å². The van der Waals surface area contributed by atoms with Crippen molar-refractivity contribution in [3.8, 4) is 0 Å². The average Bonchev–Trinajstić information content (AvgIpc) is 2.28. The standard InChI is InChI=1S/C10H12N2O5/c1-6-3-8(11-5-13)7(10(14)17-2)4-9(6)12(15)16/h3-4,11,13H,5H2,1-2H3. The maximum Gasteiger partial charge on any atom is 0.340 e. The summed E-state index contributed by atoms with van der Waals surface area (Å²) >= 11 is 0. The zero-order valence-corrected chi connectivity index (χ0v) is 9.39. The van der Waals surface area contributed by atoms with Crippen LogP contribution in [0, 0.1) is 17.0 Å². The van der Waals surface area contributed by atoms with E-state index in [4.69, 9.17) is 5.11 Å². The van der Waals surface area contributed by atoms with E-state index in [0.29, 0.717) is 11.3 Å². The van der Waals surface area contributed by atoms with Crippen LogP contribution in [0.4, 0.5) is 11.4 Å². The first-order valence-electron chi connectivity index (χ1n) is 4.73. The van der Waals surface area contributed by atoms with Gasteiger partial charge in [0.15, 0.2) is 0 Å². The number of aliphatic hydroxyl groups excluding tert-OH is 1. The van der Waals surface area contributed by atoms with E-state index in [-0.39, 0.29) is 18.0 Å². The Balaban J connectivity index is 3.36. The zero-order chi connectivity index (χ0) is 13.0. The van der Waals surface area contributed by atoms with E-state index >= 15 is 0 Å². The largest absolute Gasteiger partial charge is 0.465 e. The normalized spacial score (nSPS) is 9.82. The van der Waals surface area contributed by atoms with Crippen LogP contribution < -0.4 is 5.32 Å². The molecule has 0 radical (unpaired) electrons. The van der Waals surface area contributed by atoms with Crippen LogP contribution in [0.25, 0.3) is 0 Å². The summed E-state index contributed by atoms with van der Waals surface area (Å²) in [6.07, 6.45) is 0. The number of aryl methyl sites for hydroxylation is 1. The molecule has 0 unspecified atom stereocenters. The van der Waals surface area contributed by atoms with E-state index in [1.807, 2.05) is 0 Å². The molecule has 92 valence electrons. The fraction of sp³-hybridized carbons (Fsp3) is 0.300. The lowest BCUT2D eigenvalue weighted by Gasteiger charge is -2.10.